The molecule has 0 heterocycles. The van der Waals surface area contributed by atoms with Crippen LogP contribution in [0.4, 0.5) is 0 Å². The second-order valence-corrected chi connectivity index (χ2v) is 14.1. The molecule has 0 spiro atoms. The van der Waals surface area contributed by atoms with Crippen LogP contribution in [0.3, 0.4) is 0 Å². The molecule has 0 rings (SSSR count). The Morgan fingerprint density at radius 2 is 0.885 bits per heavy atom. The standard InChI is InChI=1S/C22H44N3P/c1-5-9-13-14-15-16-20-26(17-10-6-2,18-11-7-3,19-12-8-4)25(21-23)22-24/h5-20H2,1-4H3. The van der Waals surface area contributed by atoms with Crippen LogP contribution < -0.4 is 0 Å². The third-order valence-corrected chi connectivity index (χ3v) is 13.3. The van der Waals surface area contributed by atoms with Gasteiger partial charge in [-0.15, -0.1) is 0 Å². The van der Waals surface area contributed by atoms with Crippen LogP contribution in [0.25, 0.3) is 0 Å². The van der Waals surface area contributed by atoms with Gasteiger partial charge in [-0.1, -0.05) is 0 Å². The Kier molecular flexibility index (Phi) is 13.9. The molecule has 0 aliphatic carbocycles. The van der Waals surface area contributed by atoms with Crippen LogP contribution in [-0.4, -0.2) is 29.3 Å². The Balaban J connectivity index is 5.59. The zero-order chi connectivity index (χ0) is 19.8. The van der Waals surface area contributed by atoms with Crippen LogP contribution in [0, 0.1) is 22.9 Å². The minimum atomic E-state index is -2.49. The summed E-state index contributed by atoms with van der Waals surface area (Å²) in [6.07, 6.45) is 23.7. The molecule has 0 fully saturated rings. The molecule has 0 radical (unpaired) electrons. The van der Waals surface area contributed by atoms with Gasteiger partial charge in [0.25, 0.3) is 0 Å². The predicted molar refractivity (Wildman–Crippen MR) is 118 cm³/mol. The summed E-state index contributed by atoms with van der Waals surface area (Å²) in [5.74, 6) is 0. The number of hydrogen-bond acceptors (Lipinski definition) is 3. The molecule has 0 saturated carbocycles. The maximum absolute atomic E-state index is 9.88. The van der Waals surface area contributed by atoms with Crippen LogP contribution in [0.15, 0.2) is 0 Å². The summed E-state index contributed by atoms with van der Waals surface area (Å²) in [6.45, 7) is 6.47. The summed E-state index contributed by atoms with van der Waals surface area (Å²) in [5.41, 5.74) is 0. The van der Waals surface area contributed by atoms with Crippen molar-refractivity contribution in [3.63, 3.8) is 0 Å². The summed E-state index contributed by atoms with van der Waals surface area (Å²) in [7, 11) is 0. The second kappa shape index (κ2) is 14.3. The van der Waals surface area contributed by atoms with Gasteiger partial charge in [-0.2, -0.15) is 0 Å². The van der Waals surface area contributed by atoms with Crippen LogP contribution in [0.5, 0.6) is 0 Å². The number of rotatable bonds is 17. The first-order valence-electron chi connectivity index (χ1n) is 11.2. The van der Waals surface area contributed by atoms with E-state index in [1.165, 1.54) is 38.5 Å². The van der Waals surface area contributed by atoms with Gasteiger partial charge in [-0.05, 0) is 0 Å². The summed E-state index contributed by atoms with van der Waals surface area (Å²) in [5, 5.41) is 19.8. The second-order valence-electron chi connectivity index (χ2n) is 8.14. The van der Waals surface area contributed by atoms with E-state index in [0.717, 1.165) is 63.2 Å². The molecule has 0 bridgehead atoms. The average molecular weight is 382 g/mol. The molecule has 0 aromatic carbocycles. The molecule has 3 nitrogen and oxygen atoms in total. The molecular formula is C22H44N3P. The van der Waals surface area contributed by atoms with Crippen molar-refractivity contribution < 1.29 is 0 Å². The molecule has 0 aromatic rings. The first-order chi connectivity index (χ1) is 12.6. The normalized spacial score (nSPS) is 12.8. The Labute approximate surface area is 164 Å². The fourth-order valence-corrected chi connectivity index (χ4v) is 11.4. The summed E-state index contributed by atoms with van der Waals surface area (Å²) in [6, 6.07) is 0. The van der Waals surface area contributed by atoms with Gasteiger partial charge in [0.15, 0.2) is 0 Å². The molecule has 0 amide bonds. The summed E-state index contributed by atoms with van der Waals surface area (Å²) in [4.78, 5) is 0. The molecule has 4 heteroatoms. The van der Waals surface area contributed by atoms with Crippen LogP contribution in [-0.2, 0) is 0 Å². The van der Waals surface area contributed by atoms with E-state index in [9.17, 15) is 10.5 Å². The van der Waals surface area contributed by atoms with Gasteiger partial charge in [0.1, 0.15) is 0 Å². The molecule has 0 atom stereocenters. The van der Waals surface area contributed by atoms with Crippen molar-refractivity contribution in [3.05, 3.63) is 0 Å². The number of nitriles is 2. The molecule has 0 aliphatic rings. The van der Waals surface area contributed by atoms with Crippen molar-refractivity contribution >= 4 is 6.75 Å². The summed E-state index contributed by atoms with van der Waals surface area (Å²) >= 11 is 0. The average Bonchev–Trinajstić information content (AvgIpc) is 2.67. The van der Waals surface area contributed by atoms with Crippen LogP contribution in [0.1, 0.15) is 105 Å². The van der Waals surface area contributed by atoms with Gasteiger partial charge in [-0.3, -0.25) is 0 Å². The van der Waals surface area contributed by atoms with E-state index in [1.54, 1.807) is 4.67 Å². The third-order valence-electron chi connectivity index (χ3n) is 6.10. The Morgan fingerprint density at radius 1 is 0.538 bits per heavy atom. The fraction of sp³-hybridized carbons (Fsp3) is 0.909. The van der Waals surface area contributed by atoms with Crippen molar-refractivity contribution in [3.8, 4) is 12.4 Å². The van der Waals surface area contributed by atoms with Gasteiger partial charge in [0.05, 0.1) is 0 Å². The van der Waals surface area contributed by atoms with Crippen molar-refractivity contribution in [2.75, 3.05) is 24.6 Å². The molecule has 26 heavy (non-hydrogen) atoms. The van der Waals surface area contributed by atoms with E-state index >= 15 is 0 Å². The van der Waals surface area contributed by atoms with E-state index in [1.807, 2.05) is 0 Å². The topological polar surface area (TPSA) is 50.8 Å². The quantitative estimate of drug-likeness (QED) is 0.114. The molecule has 0 saturated heterocycles. The summed E-state index contributed by atoms with van der Waals surface area (Å²) < 4.78 is 1.67. The Bertz CT molecular complexity index is 397. The Hall–Kier alpha value is -0.790. The van der Waals surface area contributed by atoms with Crippen LogP contribution >= 0.6 is 6.75 Å². The van der Waals surface area contributed by atoms with E-state index in [4.69, 9.17) is 0 Å². The fourth-order valence-electron chi connectivity index (χ4n) is 4.34. The number of nitrogens with zero attached hydrogens (tertiary/aromatic N) is 3. The number of hydrogen-bond donors (Lipinski definition) is 0. The molecule has 152 valence electrons. The molecular weight excluding hydrogens is 337 g/mol. The minimum absolute atomic E-state index is 1.11. The maximum atomic E-state index is 9.88. The molecule has 0 N–H and O–H groups in total. The van der Waals surface area contributed by atoms with Gasteiger partial charge >= 0.3 is 164 Å². The van der Waals surface area contributed by atoms with E-state index in [0.29, 0.717) is 0 Å². The molecule has 0 unspecified atom stereocenters. The van der Waals surface area contributed by atoms with Gasteiger partial charge in [0, 0.05) is 0 Å². The van der Waals surface area contributed by atoms with E-state index < -0.39 is 6.75 Å². The van der Waals surface area contributed by atoms with Crippen molar-refractivity contribution in [2.24, 2.45) is 0 Å². The first-order valence-corrected chi connectivity index (χ1v) is 14.1. The van der Waals surface area contributed by atoms with Crippen molar-refractivity contribution in [2.45, 2.75) is 105 Å². The van der Waals surface area contributed by atoms with Gasteiger partial charge in [0.2, 0.25) is 0 Å². The monoisotopic (exact) mass is 381 g/mol. The first kappa shape index (κ1) is 25.2. The zero-order valence-corrected chi connectivity index (χ0v) is 19.0. The Morgan fingerprint density at radius 3 is 1.27 bits per heavy atom. The third kappa shape index (κ3) is 7.45. The van der Waals surface area contributed by atoms with Crippen molar-refractivity contribution in [1.82, 2.24) is 4.67 Å². The predicted octanol–water partition coefficient (Wildman–Crippen LogP) is 7.48. The van der Waals surface area contributed by atoms with Crippen LogP contribution in [0.2, 0.25) is 0 Å². The molecule has 0 aliphatic heterocycles. The van der Waals surface area contributed by atoms with Crippen molar-refractivity contribution in [1.29, 1.82) is 10.5 Å². The molecule has 0 aromatic heterocycles. The van der Waals surface area contributed by atoms with E-state index in [2.05, 4.69) is 40.1 Å². The number of unbranched alkanes of at least 4 members (excludes halogenated alkanes) is 8. The van der Waals surface area contributed by atoms with E-state index in [-0.39, 0.29) is 0 Å². The van der Waals surface area contributed by atoms with Gasteiger partial charge < -0.3 is 0 Å². The SMILES string of the molecule is CCCCCCCCP(CCCC)(CCCC)(CCCC)N(C#N)C#N. The van der Waals surface area contributed by atoms with Gasteiger partial charge in [-0.25, -0.2) is 0 Å². The zero-order valence-electron chi connectivity index (χ0n) is 18.1.